The van der Waals surface area contributed by atoms with Gasteiger partial charge < -0.3 is 10.4 Å². The zero-order chi connectivity index (χ0) is 27.2. The molecule has 10 heteroatoms. The van der Waals surface area contributed by atoms with Crippen LogP contribution in [-0.4, -0.2) is 40.8 Å². The van der Waals surface area contributed by atoms with Crippen molar-refractivity contribution in [1.82, 2.24) is 5.32 Å². The maximum Gasteiger partial charge on any atom is 0.389 e. The van der Waals surface area contributed by atoms with Gasteiger partial charge in [0, 0.05) is 24.0 Å². The lowest BCUT2D eigenvalue weighted by molar-refractivity contribution is -0.154. The largest absolute Gasteiger partial charge is 0.481 e. The summed E-state index contributed by atoms with van der Waals surface area (Å²) in [4.78, 5) is 42.8. The van der Waals surface area contributed by atoms with Crippen molar-refractivity contribution in [2.24, 2.45) is 16.8 Å². The van der Waals surface area contributed by atoms with Crippen molar-refractivity contribution in [1.29, 1.82) is 5.26 Å². The average Bonchev–Trinajstić information content (AvgIpc) is 2.99. The summed E-state index contributed by atoms with van der Waals surface area (Å²) < 4.78 is 39.0. The first kappa shape index (κ1) is 27.6. The summed E-state index contributed by atoms with van der Waals surface area (Å²) in [7, 11) is 0. The summed E-state index contributed by atoms with van der Waals surface area (Å²) in [5.41, 5.74) is 2.16. The summed E-state index contributed by atoms with van der Waals surface area (Å²) in [6.07, 6.45) is -8.02. The number of nitrogens with zero attached hydrogens (tertiary/aromatic N) is 2. The zero-order valence-corrected chi connectivity index (χ0v) is 20.1. The second-order valence-corrected chi connectivity index (χ2v) is 8.84. The SMILES string of the molecule is CCC[C@H](C(=O)O)[C@@H](CCC(F)(F)F)C(=O)NC1N=C(c2ccccc2)c2cccc(C#N)c2CC1=O. The second kappa shape index (κ2) is 11.8. The zero-order valence-electron chi connectivity index (χ0n) is 20.1. The normalized spacial score (nSPS) is 17.0. The highest BCUT2D eigenvalue weighted by molar-refractivity contribution is 6.16. The summed E-state index contributed by atoms with van der Waals surface area (Å²) in [5.74, 6) is -5.79. The molecule has 1 aliphatic heterocycles. The molecule has 194 valence electrons. The Morgan fingerprint density at radius 3 is 2.43 bits per heavy atom. The Bertz CT molecular complexity index is 1240. The molecule has 2 aromatic carbocycles. The second-order valence-electron chi connectivity index (χ2n) is 8.84. The summed E-state index contributed by atoms with van der Waals surface area (Å²) in [6.45, 7) is 1.67. The lowest BCUT2D eigenvalue weighted by atomic mass is 9.84. The van der Waals surface area contributed by atoms with E-state index in [4.69, 9.17) is 0 Å². The van der Waals surface area contributed by atoms with Crippen molar-refractivity contribution >= 4 is 23.4 Å². The van der Waals surface area contributed by atoms with Gasteiger partial charge in [0.05, 0.1) is 29.2 Å². The van der Waals surface area contributed by atoms with E-state index in [1.165, 1.54) is 0 Å². The average molecular weight is 514 g/mol. The minimum absolute atomic E-state index is 0.000601. The molecule has 3 atom stereocenters. The van der Waals surface area contributed by atoms with Crippen LogP contribution in [0.25, 0.3) is 0 Å². The maximum atomic E-state index is 13.2. The standard InChI is InChI=1S/C27H26F3N3O4/c1-2-7-20(26(36)37)19(12-13-27(28,29)30)25(35)33-24-22(34)14-21-17(15-31)10-6-11-18(21)23(32-24)16-8-4-3-5-9-16/h3-6,8-11,19-20,24H,2,7,12-14H2,1H3,(H,33,35)(H,36,37)/t19-,20+,24?/m1/s1. The number of halogens is 3. The minimum atomic E-state index is -4.58. The third kappa shape index (κ3) is 6.82. The van der Waals surface area contributed by atoms with Gasteiger partial charge in [0.2, 0.25) is 5.91 Å². The number of hydrogen-bond donors (Lipinski definition) is 2. The molecule has 0 saturated heterocycles. The van der Waals surface area contributed by atoms with Crippen LogP contribution in [-0.2, 0) is 20.8 Å². The van der Waals surface area contributed by atoms with E-state index < -0.39 is 54.7 Å². The number of amides is 1. The quantitative estimate of drug-likeness (QED) is 0.514. The number of nitriles is 1. The number of benzene rings is 2. The third-order valence-electron chi connectivity index (χ3n) is 6.27. The van der Waals surface area contributed by atoms with Crippen LogP contribution in [0.15, 0.2) is 53.5 Å². The van der Waals surface area contributed by atoms with Crippen LogP contribution in [0, 0.1) is 23.2 Å². The number of nitrogens with one attached hydrogen (secondary N) is 1. The van der Waals surface area contributed by atoms with Crippen molar-refractivity contribution in [3.8, 4) is 6.07 Å². The van der Waals surface area contributed by atoms with Crippen LogP contribution in [0.4, 0.5) is 13.2 Å². The number of Topliss-reactive ketones (excluding diaryl/α,β-unsaturated/α-hetero) is 1. The fraction of sp³-hybridized carbons (Fsp3) is 0.370. The molecule has 0 fully saturated rings. The first-order valence-electron chi connectivity index (χ1n) is 11.8. The molecule has 0 aromatic heterocycles. The van der Waals surface area contributed by atoms with Crippen molar-refractivity contribution < 1.29 is 32.7 Å². The highest BCUT2D eigenvalue weighted by Crippen LogP contribution is 2.30. The van der Waals surface area contributed by atoms with E-state index in [1.807, 2.05) is 0 Å². The highest BCUT2D eigenvalue weighted by atomic mass is 19.4. The van der Waals surface area contributed by atoms with Crippen LogP contribution in [0.3, 0.4) is 0 Å². The van der Waals surface area contributed by atoms with Gasteiger partial charge >= 0.3 is 12.1 Å². The van der Waals surface area contributed by atoms with Crippen molar-refractivity contribution in [3.63, 3.8) is 0 Å². The van der Waals surface area contributed by atoms with E-state index in [9.17, 15) is 37.9 Å². The van der Waals surface area contributed by atoms with E-state index in [0.29, 0.717) is 28.8 Å². The van der Waals surface area contributed by atoms with Gasteiger partial charge in [-0.1, -0.05) is 55.8 Å². The van der Waals surface area contributed by atoms with Crippen LogP contribution in [0.1, 0.15) is 54.9 Å². The smallest absolute Gasteiger partial charge is 0.389 e. The van der Waals surface area contributed by atoms with Gasteiger partial charge in [-0.2, -0.15) is 18.4 Å². The van der Waals surface area contributed by atoms with Crippen LogP contribution < -0.4 is 5.32 Å². The van der Waals surface area contributed by atoms with Gasteiger partial charge in [-0.15, -0.1) is 0 Å². The fourth-order valence-corrected chi connectivity index (χ4v) is 4.47. The first-order chi connectivity index (χ1) is 17.6. The molecular formula is C27H26F3N3O4. The van der Waals surface area contributed by atoms with E-state index >= 15 is 0 Å². The van der Waals surface area contributed by atoms with Gasteiger partial charge in [-0.3, -0.25) is 19.4 Å². The van der Waals surface area contributed by atoms with E-state index in [2.05, 4.69) is 16.4 Å². The molecule has 1 aliphatic rings. The molecule has 1 amide bonds. The number of carbonyl (C=O) groups excluding carboxylic acids is 2. The fourth-order valence-electron chi connectivity index (χ4n) is 4.47. The molecule has 0 radical (unpaired) electrons. The van der Waals surface area contributed by atoms with Gasteiger partial charge in [0.1, 0.15) is 0 Å². The molecule has 0 bridgehead atoms. The molecule has 0 aliphatic carbocycles. The first-order valence-corrected chi connectivity index (χ1v) is 11.8. The number of alkyl halides is 3. The minimum Gasteiger partial charge on any atom is -0.481 e. The molecule has 7 nitrogen and oxygen atoms in total. The van der Waals surface area contributed by atoms with Crippen LogP contribution in [0.5, 0.6) is 0 Å². The number of aliphatic imine (C=N–C) groups is 1. The molecule has 1 heterocycles. The topological polar surface area (TPSA) is 120 Å². The molecular weight excluding hydrogens is 487 g/mol. The summed E-state index contributed by atoms with van der Waals surface area (Å²) >= 11 is 0. The Balaban J connectivity index is 2.02. The Morgan fingerprint density at radius 1 is 1.14 bits per heavy atom. The number of rotatable bonds is 9. The van der Waals surface area contributed by atoms with Gasteiger partial charge in [0.25, 0.3) is 0 Å². The number of ketones is 1. The predicted octanol–water partition coefficient (Wildman–Crippen LogP) is 4.42. The Kier molecular flexibility index (Phi) is 8.81. The van der Waals surface area contributed by atoms with Crippen molar-refractivity contribution in [3.05, 3.63) is 70.8 Å². The summed E-state index contributed by atoms with van der Waals surface area (Å²) in [6, 6.07) is 15.7. The molecule has 2 aromatic rings. The number of carboxylic acid groups (broad SMARTS) is 1. The number of carbonyl (C=O) groups is 3. The highest BCUT2D eigenvalue weighted by Gasteiger charge is 2.39. The lowest BCUT2D eigenvalue weighted by Crippen LogP contribution is -2.46. The molecule has 1 unspecified atom stereocenters. The van der Waals surface area contributed by atoms with Crippen molar-refractivity contribution in [2.45, 2.75) is 51.4 Å². The predicted molar refractivity (Wildman–Crippen MR) is 129 cm³/mol. The molecule has 3 rings (SSSR count). The summed E-state index contributed by atoms with van der Waals surface area (Å²) in [5, 5.41) is 21.6. The number of aliphatic carboxylic acids is 1. The molecule has 37 heavy (non-hydrogen) atoms. The number of hydrogen-bond acceptors (Lipinski definition) is 5. The van der Waals surface area contributed by atoms with E-state index in [-0.39, 0.29) is 18.4 Å². The molecule has 0 saturated carbocycles. The monoisotopic (exact) mass is 513 g/mol. The van der Waals surface area contributed by atoms with Gasteiger partial charge in [0.15, 0.2) is 11.9 Å². The van der Waals surface area contributed by atoms with Crippen LogP contribution >= 0.6 is 0 Å². The van der Waals surface area contributed by atoms with E-state index in [1.54, 1.807) is 55.5 Å². The third-order valence-corrected chi connectivity index (χ3v) is 6.27. The van der Waals surface area contributed by atoms with Crippen molar-refractivity contribution in [2.75, 3.05) is 0 Å². The Labute approximate surface area is 212 Å². The Hall–Kier alpha value is -4.00. The van der Waals surface area contributed by atoms with E-state index in [0.717, 1.165) is 0 Å². The Morgan fingerprint density at radius 2 is 1.84 bits per heavy atom. The maximum absolute atomic E-state index is 13.2. The van der Waals surface area contributed by atoms with Crippen LogP contribution in [0.2, 0.25) is 0 Å². The van der Waals surface area contributed by atoms with Gasteiger partial charge in [-0.25, -0.2) is 0 Å². The number of carboxylic acids is 1. The lowest BCUT2D eigenvalue weighted by Gasteiger charge is -2.25. The number of fused-ring (bicyclic) bond motifs is 1. The van der Waals surface area contributed by atoms with Gasteiger partial charge in [-0.05, 0) is 24.5 Å². The molecule has 2 N–H and O–H groups in total. The molecule has 0 spiro atoms.